The molecular weight excluding hydrogens is 280 g/mol. The van der Waals surface area contributed by atoms with Crippen molar-refractivity contribution in [1.82, 2.24) is 14.8 Å². The fourth-order valence-corrected chi connectivity index (χ4v) is 2.39. The first kappa shape index (κ1) is 12.7. The third kappa shape index (κ3) is 2.55. The average molecular weight is 288 g/mol. The Bertz CT molecular complexity index is 514. The Kier molecular flexibility index (Phi) is 3.32. The van der Waals surface area contributed by atoms with Crippen molar-refractivity contribution in [3.05, 3.63) is 5.82 Å². The van der Waals surface area contributed by atoms with Gasteiger partial charge in [0.15, 0.2) is 0 Å². The third-order valence-corrected chi connectivity index (χ3v) is 3.44. The summed E-state index contributed by atoms with van der Waals surface area (Å²) >= 11 is 0. The first-order chi connectivity index (χ1) is 7.89. The van der Waals surface area contributed by atoms with Crippen molar-refractivity contribution >= 4 is 19.7 Å². The Morgan fingerprint density at radius 3 is 2.53 bits per heavy atom. The number of aromatic nitrogens is 3. The van der Waals surface area contributed by atoms with E-state index in [1.165, 1.54) is 0 Å². The molecule has 96 valence electrons. The highest BCUT2D eigenvalue weighted by molar-refractivity contribution is 8.13. The van der Waals surface area contributed by atoms with Crippen molar-refractivity contribution in [3.63, 3.8) is 0 Å². The Balaban J connectivity index is 2.43. The molecule has 1 aromatic heterocycles. The lowest BCUT2D eigenvalue weighted by Gasteiger charge is -2.25. The quantitative estimate of drug-likeness (QED) is 0.758. The summed E-state index contributed by atoms with van der Waals surface area (Å²) in [6.07, 6.45) is -2.72. The summed E-state index contributed by atoms with van der Waals surface area (Å²) in [5.41, 5.74) is 0. The molecule has 0 N–H and O–H groups in total. The van der Waals surface area contributed by atoms with Crippen molar-refractivity contribution in [1.29, 1.82) is 0 Å². The number of hydrogen-bond acceptors (Lipinski definition) is 5. The summed E-state index contributed by atoms with van der Waals surface area (Å²) in [6.45, 7) is -0.187. The molecule has 0 unspecified atom stereocenters. The zero-order valence-electron chi connectivity index (χ0n) is 8.38. The van der Waals surface area contributed by atoms with E-state index in [9.17, 15) is 17.2 Å². The Morgan fingerprint density at radius 1 is 1.47 bits per heavy atom. The standard InChI is InChI=1S/C7H8ClF2N3O3S/c8-17(14,15)7-12-11-6(4-2-16-3-4)13(7)1-5(9)10/h4-5H,1-3H2. The molecule has 0 radical (unpaired) electrons. The lowest BCUT2D eigenvalue weighted by atomic mass is 10.1. The second-order valence-corrected chi connectivity index (χ2v) is 5.97. The Morgan fingerprint density at radius 2 is 2.12 bits per heavy atom. The number of hydrogen-bond donors (Lipinski definition) is 0. The predicted octanol–water partition coefficient (Wildman–Crippen LogP) is 0.585. The molecule has 2 rings (SSSR count). The van der Waals surface area contributed by atoms with E-state index in [1.807, 2.05) is 0 Å². The minimum atomic E-state index is -4.19. The molecule has 0 saturated carbocycles. The minimum Gasteiger partial charge on any atom is -0.380 e. The maximum atomic E-state index is 12.4. The molecule has 0 spiro atoms. The number of halogens is 3. The molecule has 1 fully saturated rings. The smallest absolute Gasteiger partial charge is 0.296 e. The van der Waals surface area contributed by atoms with Crippen molar-refractivity contribution in [3.8, 4) is 0 Å². The zero-order chi connectivity index (χ0) is 12.6. The summed E-state index contributed by atoms with van der Waals surface area (Å²) in [4.78, 5) is 0. The first-order valence-corrected chi connectivity index (χ1v) is 6.94. The number of alkyl halides is 2. The van der Waals surface area contributed by atoms with Crippen LogP contribution in [0.15, 0.2) is 5.16 Å². The van der Waals surface area contributed by atoms with Crippen LogP contribution >= 0.6 is 10.7 Å². The second-order valence-electron chi connectivity index (χ2n) is 3.51. The predicted molar refractivity (Wildman–Crippen MR) is 52.6 cm³/mol. The van der Waals surface area contributed by atoms with Gasteiger partial charge in [0.25, 0.3) is 20.6 Å². The van der Waals surface area contributed by atoms with E-state index < -0.39 is 27.2 Å². The van der Waals surface area contributed by atoms with E-state index in [-0.39, 0.29) is 11.7 Å². The van der Waals surface area contributed by atoms with Crippen molar-refractivity contribution < 1.29 is 21.9 Å². The monoisotopic (exact) mass is 287 g/mol. The van der Waals surface area contributed by atoms with E-state index in [0.29, 0.717) is 13.2 Å². The van der Waals surface area contributed by atoms with E-state index in [4.69, 9.17) is 15.4 Å². The van der Waals surface area contributed by atoms with Gasteiger partial charge in [-0.1, -0.05) is 0 Å². The van der Waals surface area contributed by atoms with Gasteiger partial charge in [-0.25, -0.2) is 17.2 Å². The van der Waals surface area contributed by atoms with Crippen LogP contribution in [0.3, 0.4) is 0 Å². The van der Waals surface area contributed by atoms with Gasteiger partial charge in [0.05, 0.1) is 25.7 Å². The maximum absolute atomic E-state index is 12.4. The minimum absolute atomic E-state index is 0.163. The van der Waals surface area contributed by atoms with Crippen LogP contribution in [-0.4, -0.2) is 42.8 Å². The van der Waals surface area contributed by atoms with Crippen LogP contribution in [0.2, 0.25) is 0 Å². The van der Waals surface area contributed by atoms with Crippen LogP contribution < -0.4 is 0 Å². The van der Waals surface area contributed by atoms with E-state index in [0.717, 1.165) is 4.57 Å². The van der Waals surface area contributed by atoms with Crippen LogP contribution in [0.4, 0.5) is 8.78 Å². The summed E-state index contributed by atoms with van der Waals surface area (Å²) < 4.78 is 52.8. The van der Waals surface area contributed by atoms with Crippen molar-refractivity contribution in [2.75, 3.05) is 13.2 Å². The van der Waals surface area contributed by atoms with Crippen molar-refractivity contribution in [2.24, 2.45) is 0 Å². The summed E-state index contributed by atoms with van der Waals surface area (Å²) in [5.74, 6) is -0.0517. The van der Waals surface area contributed by atoms with Crippen LogP contribution in [-0.2, 0) is 20.3 Å². The second kappa shape index (κ2) is 4.46. The van der Waals surface area contributed by atoms with Gasteiger partial charge in [0.2, 0.25) is 0 Å². The molecule has 0 aromatic carbocycles. The lowest BCUT2D eigenvalue weighted by Crippen LogP contribution is -2.29. The molecule has 10 heteroatoms. The fraction of sp³-hybridized carbons (Fsp3) is 0.714. The van der Waals surface area contributed by atoms with Gasteiger partial charge in [-0.15, -0.1) is 10.2 Å². The zero-order valence-corrected chi connectivity index (χ0v) is 9.96. The number of ether oxygens (including phenoxy) is 1. The molecule has 17 heavy (non-hydrogen) atoms. The van der Waals surface area contributed by atoms with E-state index in [1.54, 1.807) is 0 Å². The molecule has 0 aliphatic carbocycles. The van der Waals surface area contributed by atoms with E-state index >= 15 is 0 Å². The van der Waals surface area contributed by atoms with Gasteiger partial charge in [-0.2, -0.15) is 0 Å². The van der Waals surface area contributed by atoms with Crippen molar-refractivity contribution in [2.45, 2.75) is 24.0 Å². The first-order valence-electron chi connectivity index (χ1n) is 4.63. The molecule has 0 bridgehead atoms. The SMILES string of the molecule is O=S(=O)(Cl)c1nnc(C2COC2)n1CC(F)F. The van der Waals surface area contributed by atoms with E-state index in [2.05, 4.69) is 10.2 Å². The molecular formula is C7H8ClF2N3O3S. The number of rotatable bonds is 4. The molecule has 0 atom stereocenters. The lowest BCUT2D eigenvalue weighted by molar-refractivity contribution is 0.00169. The summed E-state index contributed by atoms with van der Waals surface area (Å²) in [7, 11) is 0.911. The molecule has 1 aliphatic rings. The van der Waals surface area contributed by atoms with Gasteiger partial charge in [-0.3, -0.25) is 4.57 Å². The third-order valence-electron chi connectivity index (χ3n) is 2.29. The summed E-state index contributed by atoms with van der Waals surface area (Å²) in [5, 5.41) is 6.29. The highest BCUT2D eigenvalue weighted by atomic mass is 35.7. The Hall–Kier alpha value is -0.800. The van der Waals surface area contributed by atoms with Gasteiger partial charge in [-0.05, 0) is 0 Å². The topological polar surface area (TPSA) is 74.1 Å². The van der Waals surface area contributed by atoms with Gasteiger partial charge in [0, 0.05) is 10.7 Å². The van der Waals surface area contributed by atoms with Crippen LogP contribution in [0.5, 0.6) is 0 Å². The van der Waals surface area contributed by atoms with Crippen LogP contribution in [0, 0.1) is 0 Å². The average Bonchev–Trinajstić information content (AvgIpc) is 2.44. The molecule has 0 amide bonds. The molecule has 1 saturated heterocycles. The number of nitrogens with zero attached hydrogens (tertiary/aromatic N) is 3. The van der Waals surface area contributed by atoms with Gasteiger partial charge in [0.1, 0.15) is 5.82 Å². The van der Waals surface area contributed by atoms with Crippen LogP contribution in [0.25, 0.3) is 0 Å². The molecule has 2 heterocycles. The molecule has 1 aliphatic heterocycles. The molecule has 1 aromatic rings. The molecule has 6 nitrogen and oxygen atoms in total. The fourth-order valence-electron chi connectivity index (χ4n) is 1.48. The maximum Gasteiger partial charge on any atom is 0.296 e. The summed E-state index contributed by atoms with van der Waals surface area (Å²) in [6, 6.07) is 0. The van der Waals surface area contributed by atoms with Gasteiger partial charge < -0.3 is 4.74 Å². The largest absolute Gasteiger partial charge is 0.380 e. The highest BCUT2D eigenvalue weighted by Crippen LogP contribution is 2.26. The highest BCUT2D eigenvalue weighted by Gasteiger charge is 2.31. The van der Waals surface area contributed by atoms with Gasteiger partial charge >= 0.3 is 0 Å². The Labute approximate surface area is 100.0 Å². The normalized spacial score (nSPS) is 17.4. The van der Waals surface area contributed by atoms with Crippen LogP contribution in [0.1, 0.15) is 11.7 Å².